The highest BCUT2D eigenvalue weighted by molar-refractivity contribution is 8.00. The van der Waals surface area contributed by atoms with Gasteiger partial charge in [-0.05, 0) is 47.7 Å². The van der Waals surface area contributed by atoms with Gasteiger partial charge in [-0.25, -0.2) is 4.39 Å². The number of esters is 1. The number of ether oxygens (including phenoxy) is 2. The molecule has 1 atom stereocenters. The number of benzene rings is 2. The van der Waals surface area contributed by atoms with Gasteiger partial charge in [-0.1, -0.05) is 56.8 Å². The van der Waals surface area contributed by atoms with E-state index < -0.39 is 11.2 Å². The molecule has 0 aliphatic carbocycles. The number of thioether (sulfide) groups is 1. The number of rotatable bonds is 10. The molecule has 0 radical (unpaired) electrons. The van der Waals surface area contributed by atoms with Crippen LogP contribution in [0.5, 0.6) is 5.75 Å². The van der Waals surface area contributed by atoms with Crippen molar-refractivity contribution in [2.45, 2.75) is 50.8 Å². The highest BCUT2D eigenvalue weighted by Crippen LogP contribution is 2.36. The molecule has 2 aromatic carbocycles. The van der Waals surface area contributed by atoms with Gasteiger partial charge in [0, 0.05) is 6.54 Å². The third kappa shape index (κ3) is 6.09. The van der Waals surface area contributed by atoms with Crippen molar-refractivity contribution in [3.8, 4) is 5.75 Å². The molecule has 0 saturated carbocycles. The summed E-state index contributed by atoms with van der Waals surface area (Å²) >= 11 is 1.23. The molecule has 1 heterocycles. The summed E-state index contributed by atoms with van der Waals surface area (Å²) in [5.74, 6) is 0.958. The molecule has 0 saturated heterocycles. The Hall–Kier alpha value is -2.87. The summed E-state index contributed by atoms with van der Waals surface area (Å²) in [6.07, 6.45) is 0.971. The molecular weight excluding hydrogens is 429 g/mol. The largest absolute Gasteiger partial charge is 0.486 e. The van der Waals surface area contributed by atoms with Crippen LogP contribution in [0.2, 0.25) is 0 Å². The minimum Gasteiger partial charge on any atom is -0.486 e. The van der Waals surface area contributed by atoms with E-state index in [2.05, 4.69) is 31.0 Å². The molecular formula is C24H28FN3O3S. The maximum Gasteiger partial charge on any atom is 0.323 e. The van der Waals surface area contributed by atoms with Gasteiger partial charge in [0.05, 0.1) is 7.11 Å². The highest BCUT2D eigenvalue weighted by atomic mass is 32.2. The van der Waals surface area contributed by atoms with Crippen LogP contribution >= 0.6 is 11.8 Å². The summed E-state index contributed by atoms with van der Waals surface area (Å²) in [7, 11) is 1.33. The quantitative estimate of drug-likeness (QED) is 0.307. The Morgan fingerprint density at radius 3 is 2.38 bits per heavy atom. The topological polar surface area (TPSA) is 66.2 Å². The summed E-state index contributed by atoms with van der Waals surface area (Å²) in [6, 6.07) is 13.8. The first-order valence-electron chi connectivity index (χ1n) is 10.5. The third-order valence-corrected chi connectivity index (χ3v) is 6.07. The lowest BCUT2D eigenvalue weighted by atomic mass is 10.1. The minimum absolute atomic E-state index is 0.255. The van der Waals surface area contributed by atoms with Crippen molar-refractivity contribution in [1.82, 2.24) is 14.8 Å². The first-order chi connectivity index (χ1) is 15.4. The molecule has 3 rings (SSSR count). The average Bonchev–Trinajstić information content (AvgIpc) is 3.17. The van der Waals surface area contributed by atoms with Crippen LogP contribution < -0.4 is 4.74 Å². The second-order valence-electron chi connectivity index (χ2n) is 7.76. The third-order valence-electron chi connectivity index (χ3n) is 4.85. The number of hydrogen-bond acceptors (Lipinski definition) is 6. The number of hydrogen-bond donors (Lipinski definition) is 0. The SMILES string of the molecule is CCc1ccc(OCc2nnc(SC(C(=O)OC)c3ccc(F)cc3)n2CC(C)C)cc1. The number of carbonyl (C=O) groups excluding carboxylic acids is 1. The Labute approximate surface area is 192 Å². The van der Waals surface area contributed by atoms with E-state index in [1.807, 2.05) is 28.8 Å². The zero-order valence-corrected chi connectivity index (χ0v) is 19.6. The van der Waals surface area contributed by atoms with Gasteiger partial charge >= 0.3 is 5.97 Å². The first-order valence-corrected chi connectivity index (χ1v) is 11.4. The van der Waals surface area contributed by atoms with E-state index in [1.54, 1.807) is 12.1 Å². The molecule has 0 N–H and O–H groups in total. The fourth-order valence-electron chi connectivity index (χ4n) is 3.13. The maximum atomic E-state index is 13.4. The van der Waals surface area contributed by atoms with Crippen LogP contribution in [0.3, 0.4) is 0 Å². The van der Waals surface area contributed by atoms with Gasteiger partial charge in [-0.3, -0.25) is 4.79 Å². The molecule has 0 spiro atoms. The van der Waals surface area contributed by atoms with Gasteiger partial charge in [0.2, 0.25) is 0 Å². The van der Waals surface area contributed by atoms with Gasteiger partial charge in [0.25, 0.3) is 0 Å². The molecule has 0 aliphatic heterocycles. The Morgan fingerprint density at radius 2 is 1.78 bits per heavy atom. The summed E-state index contributed by atoms with van der Waals surface area (Å²) < 4.78 is 26.3. The molecule has 0 amide bonds. The van der Waals surface area contributed by atoms with Gasteiger partial charge in [0.1, 0.15) is 23.4 Å². The fourth-order valence-corrected chi connectivity index (χ4v) is 4.22. The predicted octanol–water partition coefficient (Wildman–Crippen LogP) is 5.22. The zero-order valence-electron chi connectivity index (χ0n) is 18.7. The summed E-state index contributed by atoms with van der Waals surface area (Å²) in [5.41, 5.74) is 1.88. The minimum atomic E-state index is -0.689. The second kappa shape index (κ2) is 11.1. The smallest absolute Gasteiger partial charge is 0.323 e. The number of methoxy groups -OCH3 is 1. The lowest BCUT2D eigenvalue weighted by Gasteiger charge is -2.17. The van der Waals surface area contributed by atoms with Crippen LogP contribution in [0.4, 0.5) is 4.39 Å². The van der Waals surface area contributed by atoms with Crippen LogP contribution in [0.1, 0.15) is 43.0 Å². The Bertz CT molecular complexity index is 1020. The molecule has 8 heteroatoms. The molecule has 1 aromatic heterocycles. The molecule has 0 fully saturated rings. The lowest BCUT2D eigenvalue weighted by Crippen LogP contribution is -2.15. The number of carbonyl (C=O) groups is 1. The van der Waals surface area contributed by atoms with Gasteiger partial charge in [0.15, 0.2) is 11.0 Å². The van der Waals surface area contributed by atoms with Crippen LogP contribution in [0, 0.1) is 11.7 Å². The van der Waals surface area contributed by atoms with E-state index in [0.717, 1.165) is 12.2 Å². The van der Waals surface area contributed by atoms with Crippen LogP contribution in [-0.2, 0) is 29.1 Å². The average molecular weight is 458 g/mol. The van der Waals surface area contributed by atoms with Crippen LogP contribution in [-0.4, -0.2) is 27.8 Å². The standard InChI is InChI=1S/C24H28FN3O3S/c1-5-17-6-12-20(13-7-17)31-15-21-26-27-24(28(21)14-16(2)3)32-22(23(29)30-4)18-8-10-19(25)11-9-18/h6-13,16,22H,5,14-15H2,1-4H3. The Morgan fingerprint density at radius 1 is 1.09 bits per heavy atom. The van der Waals surface area contributed by atoms with Crippen molar-refractivity contribution < 1.29 is 18.7 Å². The molecule has 0 aliphatic rings. The van der Waals surface area contributed by atoms with E-state index in [0.29, 0.717) is 29.0 Å². The van der Waals surface area contributed by atoms with Gasteiger partial charge in [-0.15, -0.1) is 10.2 Å². The van der Waals surface area contributed by atoms with Crippen molar-refractivity contribution in [3.05, 3.63) is 71.3 Å². The Balaban J connectivity index is 1.83. The van der Waals surface area contributed by atoms with Crippen molar-refractivity contribution in [2.75, 3.05) is 7.11 Å². The van der Waals surface area contributed by atoms with E-state index in [-0.39, 0.29) is 12.4 Å². The molecule has 6 nitrogen and oxygen atoms in total. The summed E-state index contributed by atoms with van der Waals surface area (Å²) in [6.45, 7) is 7.23. The fraction of sp³-hybridized carbons (Fsp3) is 0.375. The number of halogens is 1. The maximum absolute atomic E-state index is 13.4. The molecule has 0 bridgehead atoms. The predicted molar refractivity (Wildman–Crippen MR) is 122 cm³/mol. The van der Waals surface area contributed by atoms with Crippen molar-refractivity contribution in [1.29, 1.82) is 0 Å². The molecule has 3 aromatic rings. The number of nitrogens with zero attached hydrogens (tertiary/aromatic N) is 3. The Kier molecular flexibility index (Phi) is 8.27. The summed E-state index contributed by atoms with van der Waals surface area (Å²) in [4.78, 5) is 12.5. The number of aromatic nitrogens is 3. The van der Waals surface area contributed by atoms with Crippen molar-refractivity contribution in [3.63, 3.8) is 0 Å². The van der Waals surface area contributed by atoms with Gasteiger partial charge < -0.3 is 14.0 Å². The van der Waals surface area contributed by atoms with Crippen LogP contribution in [0.15, 0.2) is 53.7 Å². The van der Waals surface area contributed by atoms with E-state index >= 15 is 0 Å². The van der Waals surface area contributed by atoms with E-state index in [1.165, 1.54) is 36.6 Å². The summed E-state index contributed by atoms with van der Waals surface area (Å²) in [5, 5.41) is 8.53. The second-order valence-corrected chi connectivity index (χ2v) is 8.83. The highest BCUT2D eigenvalue weighted by Gasteiger charge is 2.27. The van der Waals surface area contributed by atoms with Crippen molar-refractivity contribution in [2.24, 2.45) is 5.92 Å². The van der Waals surface area contributed by atoms with Crippen molar-refractivity contribution >= 4 is 17.7 Å². The van der Waals surface area contributed by atoms with Gasteiger partial charge in [-0.2, -0.15) is 0 Å². The van der Waals surface area contributed by atoms with E-state index in [9.17, 15) is 9.18 Å². The van der Waals surface area contributed by atoms with E-state index in [4.69, 9.17) is 9.47 Å². The molecule has 170 valence electrons. The zero-order chi connectivity index (χ0) is 23.1. The monoisotopic (exact) mass is 457 g/mol. The normalized spacial score (nSPS) is 12.1. The first kappa shape index (κ1) is 23.8. The number of aryl methyl sites for hydroxylation is 1. The molecule has 32 heavy (non-hydrogen) atoms. The van der Waals surface area contributed by atoms with Crippen LogP contribution in [0.25, 0.3) is 0 Å². The molecule has 1 unspecified atom stereocenters. The lowest BCUT2D eigenvalue weighted by molar-refractivity contribution is -0.140.